The number of nitrogens with zero attached hydrogens (tertiary/aromatic N) is 5. The topological polar surface area (TPSA) is 118 Å². The van der Waals surface area contributed by atoms with Gasteiger partial charge >= 0.3 is 0 Å². The number of aryl methyl sites for hydroxylation is 2. The molecule has 1 saturated heterocycles. The summed E-state index contributed by atoms with van der Waals surface area (Å²) >= 11 is 0. The van der Waals surface area contributed by atoms with Crippen LogP contribution in [0.25, 0.3) is 22.1 Å². The standard InChI is InChI=1S/C26H27N7O3/c1-15-22(8-20(10-27-15)29-24(34)14-33-12-17-3-4-18(17)13-33)30-26(35)25-21-6-5-16(7-23(21)36-31-25)19-9-28-32(2)11-19/h5-11,17-18H,3-4,12-14H2,1-2H3,(H,29,34)(H,30,35)/t17-,18+. The van der Waals surface area contributed by atoms with E-state index in [9.17, 15) is 9.59 Å². The molecule has 4 aromatic rings. The lowest BCUT2D eigenvalue weighted by Crippen LogP contribution is -2.31. The smallest absolute Gasteiger partial charge is 0.278 e. The predicted octanol–water partition coefficient (Wildman–Crippen LogP) is 3.46. The molecule has 0 spiro atoms. The lowest BCUT2D eigenvalue weighted by Gasteiger charge is -2.28. The third kappa shape index (κ3) is 4.24. The number of pyridine rings is 1. The Hall–Kier alpha value is -4.05. The van der Waals surface area contributed by atoms with Gasteiger partial charge in [0.2, 0.25) is 5.91 Å². The van der Waals surface area contributed by atoms with Gasteiger partial charge in [-0.25, -0.2) is 0 Å². The van der Waals surface area contributed by atoms with Gasteiger partial charge in [-0.2, -0.15) is 5.10 Å². The molecule has 2 fully saturated rings. The maximum atomic E-state index is 13.1. The van der Waals surface area contributed by atoms with Gasteiger partial charge in [0.1, 0.15) is 0 Å². The monoisotopic (exact) mass is 485 g/mol. The first-order valence-electron chi connectivity index (χ1n) is 12.1. The van der Waals surface area contributed by atoms with Gasteiger partial charge in [-0.3, -0.25) is 24.2 Å². The first-order chi connectivity index (χ1) is 17.4. The van der Waals surface area contributed by atoms with E-state index in [4.69, 9.17) is 4.52 Å². The Morgan fingerprint density at radius 3 is 2.61 bits per heavy atom. The number of hydrogen-bond donors (Lipinski definition) is 2. The third-order valence-corrected chi connectivity index (χ3v) is 7.27. The molecule has 0 unspecified atom stereocenters. The number of anilines is 2. The highest BCUT2D eigenvalue weighted by molar-refractivity contribution is 6.11. The second kappa shape index (κ2) is 8.87. The van der Waals surface area contributed by atoms with Crippen molar-refractivity contribution in [2.45, 2.75) is 19.8 Å². The fourth-order valence-corrected chi connectivity index (χ4v) is 5.15. The Kier molecular flexibility index (Phi) is 5.52. The van der Waals surface area contributed by atoms with E-state index < -0.39 is 5.91 Å². The molecular formula is C26H27N7O3. The molecule has 10 heteroatoms. The summed E-state index contributed by atoms with van der Waals surface area (Å²) in [5.74, 6) is 1.03. The Morgan fingerprint density at radius 2 is 1.89 bits per heavy atom. The van der Waals surface area contributed by atoms with Crippen molar-refractivity contribution in [2.24, 2.45) is 18.9 Å². The minimum Gasteiger partial charge on any atom is -0.355 e. The average Bonchev–Trinajstić information content (AvgIpc) is 3.54. The maximum Gasteiger partial charge on any atom is 0.278 e. The number of benzene rings is 1. The third-order valence-electron chi connectivity index (χ3n) is 7.27. The van der Waals surface area contributed by atoms with Gasteiger partial charge in [-0.1, -0.05) is 11.2 Å². The van der Waals surface area contributed by atoms with E-state index in [2.05, 4.69) is 30.8 Å². The Labute approximate surface area is 207 Å². The maximum absolute atomic E-state index is 13.1. The fraction of sp³-hybridized carbons (Fsp3) is 0.346. The van der Waals surface area contributed by atoms with E-state index >= 15 is 0 Å². The summed E-state index contributed by atoms with van der Waals surface area (Å²) in [4.78, 5) is 32.2. The Morgan fingerprint density at radius 1 is 1.08 bits per heavy atom. The van der Waals surface area contributed by atoms with Crippen molar-refractivity contribution < 1.29 is 14.1 Å². The van der Waals surface area contributed by atoms with Crippen molar-refractivity contribution in [1.82, 2.24) is 24.8 Å². The summed E-state index contributed by atoms with van der Waals surface area (Å²) in [6.45, 7) is 4.17. The number of hydrogen-bond acceptors (Lipinski definition) is 7. The molecule has 0 bridgehead atoms. The van der Waals surface area contributed by atoms with Crippen LogP contribution in [0.15, 0.2) is 47.4 Å². The Bertz CT molecular complexity index is 1460. The van der Waals surface area contributed by atoms with Crippen LogP contribution >= 0.6 is 0 Å². The molecule has 6 rings (SSSR count). The largest absolute Gasteiger partial charge is 0.355 e. The van der Waals surface area contributed by atoms with Gasteiger partial charge < -0.3 is 15.2 Å². The zero-order valence-corrected chi connectivity index (χ0v) is 20.2. The molecule has 1 aliphatic heterocycles. The molecule has 1 saturated carbocycles. The average molecular weight is 486 g/mol. The number of amides is 2. The molecule has 1 aromatic carbocycles. The van der Waals surface area contributed by atoms with Crippen LogP contribution in [0, 0.1) is 18.8 Å². The van der Waals surface area contributed by atoms with Gasteiger partial charge in [-0.15, -0.1) is 0 Å². The molecule has 4 heterocycles. The molecule has 184 valence electrons. The van der Waals surface area contributed by atoms with Crippen LogP contribution in [0.2, 0.25) is 0 Å². The molecule has 2 atom stereocenters. The van der Waals surface area contributed by atoms with Gasteiger partial charge in [0.05, 0.1) is 41.4 Å². The summed E-state index contributed by atoms with van der Waals surface area (Å²) in [6.07, 6.45) is 7.83. The van der Waals surface area contributed by atoms with Crippen LogP contribution in [-0.2, 0) is 11.8 Å². The summed E-state index contributed by atoms with van der Waals surface area (Å²) in [5.41, 5.74) is 4.22. The fourth-order valence-electron chi connectivity index (χ4n) is 5.15. The van der Waals surface area contributed by atoms with E-state index in [0.29, 0.717) is 34.6 Å². The zero-order chi connectivity index (χ0) is 24.8. The van der Waals surface area contributed by atoms with Crippen LogP contribution in [0.5, 0.6) is 0 Å². The van der Waals surface area contributed by atoms with E-state index in [1.807, 2.05) is 31.4 Å². The van der Waals surface area contributed by atoms with Gasteiger partial charge in [0.15, 0.2) is 11.3 Å². The number of likely N-dealkylation sites (tertiary alicyclic amines) is 1. The number of fused-ring (bicyclic) bond motifs is 2. The first-order valence-corrected chi connectivity index (χ1v) is 12.1. The number of carbonyl (C=O) groups is 2. The van der Waals surface area contributed by atoms with Crippen LogP contribution in [-0.4, -0.2) is 56.3 Å². The van der Waals surface area contributed by atoms with Crippen molar-refractivity contribution in [1.29, 1.82) is 0 Å². The first kappa shape index (κ1) is 22.4. The van der Waals surface area contributed by atoms with Crippen LogP contribution < -0.4 is 10.6 Å². The molecule has 2 aliphatic rings. The van der Waals surface area contributed by atoms with E-state index in [0.717, 1.165) is 36.1 Å². The summed E-state index contributed by atoms with van der Waals surface area (Å²) in [6, 6.07) is 7.27. The van der Waals surface area contributed by atoms with Gasteiger partial charge in [-0.05, 0) is 55.4 Å². The predicted molar refractivity (Wildman–Crippen MR) is 134 cm³/mol. The van der Waals surface area contributed by atoms with Gasteiger partial charge in [0, 0.05) is 31.9 Å². The molecular weight excluding hydrogens is 458 g/mol. The molecule has 3 aromatic heterocycles. The van der Waals surface area contributed by atoms with E-state index in [1.165, 1.54) is 12.8 Å². The van der Waals surface area contributed by atoms with Crippen LogP contribution in [0.3, 0.4) is 0 Å². The number of rotatable bonds is 6. The molecule has 36 heavy (non-hydrogen) atoms. The highest BCUT2D eigenvalue weighted by Crippen LogP contribution is 2.40. The van der Waals surface area contributed by atoms with Crippen molar-refractivity contribution >= 4 is 34.2 Å². The minimum atomic E-state index is -0.413. The lowest BCUT2D eigenvalue weighted by atomic mass is 9.77. The Balaban J connectivity index is 1.15. The van der Waals surface area contributed by atoms with Crippen molar-refractivity contribution in [3.63, 3.8) is 0 Å². The molecule has 2 amide bonds. The number of aromatic nitrogens is 4. The normalized spacial score (nSPS) is 19.2. The highest BCUT2D eigenvalue weighted by atomic mass is 16.5. The number of nitrogens with one attached hydrogen (secondary N) is 2. The molecule has 2 N–H and O–H groups in total. The van der Waals surface area contributed by atoms with Crippen molar-refractivity contribution in [3.05, 3.63) is 54.2 Å². The van der Waals surface area contributed by atoms with E-state index in [-0.39, 0.29) is 11.6 Å². The SMILES string of the molecule is Cc1ncc(NC(=O)CN2C[C@H]3CC[C@H]3C2)cc1NC(=O)c1noc2cc(-c3cnn(C)c3)ccc12. The zero-order valence-electron chi connectivity index (χ0n) is 20.2. The lowest BCUT2D eigenvalue weighted by molar-refractivity contribution is -0.117. The quantitative estimate of drug-likeness (QED) is 0.429. The van der Waals surface area contributed by atoms with E-state index in [1.54, 1.807) is 30.1 Å². The van der Waals surface area contributed by atoms with Crippen LogP contribution in [0.4, 0.5) is 11.4 Å². The minimum absolute atomic E-state index is 0.0776. The van der Waals surface area contributed by atoms with Gasteiger partial charge in [0.25, 0.3) is 5.91 Å². The highest BCUT2D eigenvalue weighted by Gasteiger charge is 2.39. The van der Waals surface area contributed by atoms with Crippen molar-refractivity contribution in [2.75, 3.05) is 30.3 Å². The molecule has 0 radical (unpaired) electrons. The summed E-state index contributed by atoms with van der Waals surface area (Å²) in [5, 5.41) is 14.6. The second-order valence-electron chi connectivity index (χ2n) is 9.80. The number of carbonyl (C=O) groups excluding carboxylic acids is 2. The van der Waals surface area contributed by atoms with Crippen molar-refractivity contribution in [3.8, 4) is 11.1 Å². The molecule has 10 nitrogen and oxygen atoms in total. The second-order valence-corrected chi connectivity index (χ2v) is 9.80. The van der Waals surface area contributed by atoms with Crippen LogP contribution in [0.1, 0.15) is 29.0 Å². The summed E-state index contributed by atoms with van der Waals surface area (Å²) < 4.78 is 7.17. The summed E-state index contributed by atoms with van der Waals surface area (Å²) in [7, 11) is 1.85. The molecule has 1 aliphatic carbocycles.